The lowest BCUT2D eigenvalue weighted by atomic mass is 10.2. The number of carbonyl (C=O) groups is 2. The Balaban J connectivity index is 1.39. The van der Waals surface area contributed by atoms with E-state index in [0.29, 0.717) is 31.3 Å². The van der Waals surface area contributed by atoms with Crippen LogP contribution in [0.4, 0.5) is 0 Å². The molecule has 2 aliphatic rings. The van der Waals surface area contributed by atoms with Crippen LogP contribution in [-0.4, -0.2) is 50.3 Å². The van der Waals surface area contributed by atoms with Gasteiger partial charge in [0.15, 0.2) is 11.5 Å². The van der Waals surface area contributed by atoms with Crippen molar-refractivity contribution in [3.63, 3.8) is 0 Å². The third-order valence-electron chi connectivity index (χ3n) is 3.78. The minimum atomic E-state index is -0.676. The average molecular weight is 320 g/mol. The van der Waals surface area contributed by atoms with Crippen LogP contribution >= 0.6 is 0 Å². The third-order valence-corrected chi connectivity index (χ3v) is 3.78. The fraction of sp³-hybridized carbons (Fsp3) is 0.500. The van der Waals surface area contributed by atoms with Crippen molar-refractivity contribution < 1.29 is 23.8 Å². The van der Waals surface area contributed by atoms with Crippen molar-refractivity contribution in [3.05, 3.63) is 24.3 Å². The van der Waals surface area contributed by atoms with E-state index in [1.165, 1.54) is 0 Å². The highest BCUT2D eigenvalue weighted by Crippen LogP contribution is 2.30. The molecule has 0 saturated carbocycles. The van der Waals surface area contributed by atoms with Crippen LogP contribution in [-0.2, 0) is 14.3 Å². The van der Waals surface area contributed by atoms with Gasteiger partial charge in [0.2, 0.25) is 0 Å². The van der Waals surface area contributed by atoms with Crippen LogP contribution in [0.3, 0.4) is 0 Å². The number of nitrogens with one attached hydrogen (secondary N) is 2. The highest BCUT2D eigenvalue weighted by Gasteiger charge is 2.23. The Kier molecular flexibility index (Phi) is 4.97. The van der Waals surface area contributed by atoms with Gasteiger partial charge in [0.1, 0.15) is 12.7 Å². The second-order valence-electron chi connectivity index (χ2n) is 5.55. The summed E-state index contributed by atoms with van der Waals surface area (Å²) >= 11 is 0. The van der Waals surface area contributed by atoms with E-state index < -0.39 is 11.8 Å². The molecule has 124 valence electrons. The van der Waals surface area contributed by atoms with E-state index in [1.54, 1.807) is 6.07 Å². The molecule has 0 spiro atoms. The van der Waals surface area contributed by atoms with Gasteiger partial charge in [0, 0.05) is 13.2 Å². The van der Waals surface area contributed by atoms with E-state index in [0.717, 1.165) is 12.8 Å². The summed E-state index contributed by atoms with van der Waals surface area (Å²) in [4.78, 5) is 23.5. The van der Waals surface area contributed by atoms with Crippen LogP contribution in [0.5, 0.6) is 11.5 Å². The fourth-order valence-electron chi connectivity index (χ4n) is 2.54. The molecule has 7 nitrogen and oxygen atoms in total. The molecule has 0 aliphatic carbocycles. The molecule has 0 aromatic heterocycles. The first-order valence-electron chi connectivity index (χ1n) is 7.78. The second-order valence-corrected chi connectivity index (χ2v) is 5.55. The van der Waals surface area contributed by atoms with Crippen LogP contribution in [0, 0.1) is 0 Å². The van der Waals surface area contributed by atoms with Crippen molar-refractivity contribution >= 4 is 11.8 Å². The van der Waals surface area contributed by atoms with Gasteiger partial charge in [-0.2, -0.15) is 0 Å². The number of rotatable bonds is 4. The van der Waals surface area contributed by atoms with Gasteiger partial charge in [-0.05, 0) is 25.0 Å². The molecule has 0 radical (unpaired) electrons. The second kappa shape index (κ2) is 7.32. The molecule has 1 saturated heterocycles. The molecule has 2 unspecified atom stereocenters. The van der Waals surface area contributed by atoms with Gasteiger partial charge < -0.3 is 24.8 Å². The van der Waals surface area contributed by atoms with E-state index in [1.807, 2.05) is 18.2 Å². The van der Waals surface area contributed by atoms with Gasteiger partial charge >= 0.3 is 11.8 Å². The molecular formula is C16H20N2O5. The molecule has 1 aromatic carbocycles. The molecule has 2 aliphatic heterocycles. The third kappa shape index (κ3) is 4.13. The predicted octanol–water partition coefficient (Wildman–Crippen LogP) is 0.238. The molecule has 0 bridgehead atoms. The smallest absolute Gasteiger partial charge is 0.309 e. The number of hydrogen-bond acceptors (Lipinski definition) is 5. The van der Waals surface area contributed by atoms with E-state index >= 15 is 0 Å². The normalized spacial score (nSPS) is 22.4. The zero-order valence-corrected chi connectivity index (χ0v) is 12.7. The van der Waals surface area contributed by atoms with E-state index in [2.05, 4.69) is 10.6 Å². The lowest BCUT2D eigenvalue weighted by molar-refractivity contribution is -0.139. The van der Waals surface area contributed by atoms with E-state index in [-0.39, 0.29) is 18.8 Å². The Morgan fingerprint density at radius 1 is 1.04 bits per heavy atom. The topological polar surface area (TPSA) is 85.9 Å². The van der Waals surface area contributed by atoms with Crippen LogP contribution in [0.15, 0.2) is 24.3 Å². The molecule has 2 heterocycles. The first kappa shape index (κ1) is 15.6. The number of para-hydroxylation sites is 2. The minimum absolute atomic E-state index is 0.0123. The molecule has 1 fully saturated rings. The highest BCUT2D eigenvalue weighted by atomic mass is 16.6. The number of amides is 2. The van der Waals surface area contributed by atoms with Crippen molar-refractivity contribution in [3.8, 4) is 11.5 Å². The van der Waals surface area contributed by atoms with Crippen molar-refractivity contribution in [2.45, 2.75) is 25.0 Å². The summed E-state index contributed by atoms with van der Waals surface area (Å²) in [5.41, 5.74) is 0. The SMILES string of the molecule is O=C(NCC1CCCO1)C(=O)NCC1COc2ccccc2O1. The largest absolute Gasteiger partial charge is 0.486 e. The molecule has 2 amide bonds. The zero-order chi connectivity index (χ0) is 16.1. The predicted molar refractivity (Wildman–Crippen MR) is 81.3 cm³/mol. The maximum absolute atomic E-state index is 11.8. The van der Waals surface area contributed by atoms with Gasteiger partial charge in [-0.3, -0.25) is 9.59 Å². The maximum Gasteiger partial charge on any atom is 0.309 e. The summed E-state index contributed by atoms with van der Waals surface area (Å²) in [5.74, 6) is -0.00620. The number of ether oxygens (including phenoxy) is 3. The lowest BCUT2D eigenvalue weighted by Crippen LogP contribution is -2.47. The summed E-state index contributed by atoms with van der Waals surface area (Å²) in [6.45, 7) is 1.62. The first-order chi connectivity index (χ1) is 11.2. The van der Waals surface area contributed by atoms with E-state index in [9.17, 15) is 9.59 Å². The zero-order valence-electron chi connectivity index (χ0n) is 12.7. The summed E-state index contributed by atoms with van der Waals surface area (Å²) in [6, 6.07) is 7.34. The van der Waals surface area contributed by atoms with Crippen molar-refractivity contribution in [2.75, 3.05) is 26.3 Å². The number of fused-ring (bicyclic) bond motifs is 1. The fourth-order valence-corrected chi connectivity index (χ4v) is 2.54. The Hall–Kier alpha value is -2.28. The van der Waals surface area contributed by atoms with Gasteiger partial charge in [0.05, 0.1) is 12.6 Å². The molecule has 2 atom stereocenters. The summed E-state index contributed by atoms with van der Waals surface area (Å²) in [5, 5.41) is 5.14. The summed E-state index contributed by atoms with van der Waals surface area (Å²) < 4.78 is 16.7. The monoisotopic (exact) mass is 320 g/mol. The molecule has 3 rings (SSSR count). The van der Waals surface area contributed by atoms with Crippen molar-refractivity contribution in [2.24, 2.45) is 0 Å². The molecular weight excluding hydrogens is 300 g/mol. The average Bonchev–Trinajstić information content (AvgIpc) is 3.10. The Morgan fingerprint density at radius 3 is 2.43 bits per heavy atom. The quantitative estimate of drug-likeness (QED) is 0.776. The molecule has 7 heteroatoms. The van der Waals surface area contributed by atoms with Crippen LogP contribution in [0.2, 0.25) is 0 Å². The lowest BCUT2D eigenvalue weighted by Gasteiger charge is -2.26. The van der Waals surface area contributed by atoms with Crippen molar-refractivity contribution in [1.29, 1.82) is 0 Å². The van der Waals surface area contributed by atoms with Gasteiger partial charge in [0.25, 0.3) is 0 Å². The molecule has 23 heavy (non-hydrogen) atoms. The Morgan fingerprint density at radius 2 is 1.74 bits per heavy atom. The van der Waals surface area contributed by atoms with Gasteiger partial charge in [-0.1, -0.05) is 12.1 Å². The Bertz CT molecular complexity index is 571. The highest BCUT2D eigenvalue weighted by molar-refractivity contribution is 6.35. The summed E-state index contributed by atoms with van der Waals surface area (Å²) in [6.07, 6.45) is 1.60. The van der Waals surface area contributed by atoms with Gasteiger partial charge in [-0.25, -0.2) is 0 Å². The maximum atomic E-state index is 11.8. The van der Waals surface area contributed by atoms with Gasteiger partial charge in [-0.15, -0.1) is 0 Å². The number of hydrogen-bond donors (Lipinski definition) is 2. The van der Waals surface area contributed by atoms with Crippen molar-refractivity contribution in [1.82, 2.24) is 10.6 Å². The minimum Gasteiger partial charge on any atom is -0.486 e. The van der Waals surface area contributed by atoms with Crippen LogP contribution < -0.4 is 20.1 Å². The number of benzene rings is 1. The number of carbonyl (C=O) groups excluding carboxylic acids is 2. The first-order valence-corrected chi connectivity index (χ1v) is 7.78. The molecule has 1 aromatic rings. The summed E-state index contributed by atoms with van der Waals surface area (Å²) in [7, 11) is 0. The standard InChI is InChI=1S/C16H20N2O5/c19-15(17-8-11-4-3-7-21-11)16(20)18-9-12-10-22-13-5-1-2-6-14(13)23-12/h1-2,5-6,11-12H,3-4,7-10H2,(H,17,19)(H,18,20). The van der Waals surface area contributed by atoms with E-state index in [4.69, 9.17) is 14.2 Å². The van der Waals surface area contributed by atoms with Crippen LogP contribution in [0.1, 0.15) is 12.8 Å². The molecule has 2 N–H and O–H groups in total. The van der Waals surface area contributed by atoms with Crippen LogP contribution in [0.25, 0.3) is 0 Å². The Labute approximate surface area is 134 Å².